The fourth-order valence-electron chi connectivity index (χ4n) is 1.29. The lowest BCUT2D eigenvalue weighted by Gasteiger charge is -2.07. The molecule has 0 unspecified atom stereocenters. The quantitative estimate of drug-likeness (QED) is 0.553. The topological polar surface area (TPSA) is 89.5 Å². The molecule has 0 heterocycles. The molecule has 0 spiro atoms. The smallest absolute Gasteiger partial charge is 0.261 e. The molecule has 1 aromatic rings. The van der Waals surface area contributed by atoms with E-state index < -0.39 is 32.1 Å². The Morgan fingerprint density at radius 2 is 1.62 bits per heavy atom. The van der Waals surface area contributed by atoms with Gasteiger partial charge in [-0.15, -0.1) is 0 Å². The van der Waals surface area contributed by atoms with Crippen molar-refractivity contribution in [1.82, 2.24) is 4.72 Å². The highest BCUT2D eigenvalue weighted by Gasteiger charge is 2.16. The van der Waals surface area contributed by atoms with Gasteiger partial charge in [0, 0.05) is 17.2 Å². The Morgan fingerprint density at radius 3 is 2.10 bits per heavy atom. The van der Waals surface area contributed by atoms with Gasteiger partial charge in [0.15, 0.2) is 0 Å². The van der Waals surface area contributed by atoms with Crippen LogP contribution in [0.3, 0.4) is 0 Å². The van der Waals surface area contributed by atoms with Crippen LogP contribution in [0.1, 0.15) is 0 Å². The first kappa shape index (κ1) is 18.2. The van der Waals surface area contributed by atoms with Crippen molar-refractivity contribution in [3.63, 3.8) is 0 Å². The number of sulfonamides is 1. The second-order valence-corrected chi connectivity index (χ2v) is 8.11. The molecular weight excluding hydrogens is 352 g/mol. The van der Waals surface area contributed by atoms with Gasteiger partial charge in [-0.25, -0.2) is 30.3 Å². The van der Waals surface area contributed by atoms with Gasteiger partial charge in [-0.2, -0.15) is 0 Å². The molecule has 0 aliphatic rings. The summed E-state index contributed by atoms with van der Waals surface area (Å²) in [6, 6.07) is 4.23. The van der Waals surface area contributed by atoms with E-state index in [1.165, 1.54) is 0 Å². The maximum atomic E-state index is 11.8. The third-order valence-corrected chi connectivity index (χ3v) is 5.04. The number of ether oxygens (including phenoxy) is 1. The van der Waals surface area contributed by atoms with Crippen LogP contribution in [-0.4, -0.2) is 43.0 Å². The molecule has 0 aromatic heterocycles. The predicted molar refractivity (Wildman–Crippen MR) is 71.5 cm³/mol. The standard InChI is InChI=1S/C10H12ClF2NO5S2/c11-20(15,16)8-1-3-9(4-2-8)21(17,18)14-5-6-19-7-10(12)13/h1-4,10,14H,5-7H2. The number of nitrogens with one attached hydrogen (secondary N) is 1. The minimum absolute atomic E-state index is 0.180. The Kier molecular flexibility index (Phi) is 6.47. The maximum absolute atomic E-state index is 11.8. The molecule has 0 radical (unpaired) electrons. The summed E-state index contributed by atoms with van der Waals surface area (Å²) in [6.45, 7) is -1.17. The lowest BCUT2D eigenvalue weighted by molar-refractivity contribution is 0.0199. The normalized spacial score (nSPS) is 12.8. The molecule has 0 fully saturated rings. The first-order valence-corrected chi connectivity index (χ1v) is 9.32. The predicted octanol–water partition coefficient (Wildman–Crippen LogP) is 1.17. The van der Waals surface area contributed by atoms with Crippen molar-refractivity contribution in [2.24, 2.45) is 0 Å². The highest BCUT2D eigenvalue weighted by atomic mass is 35.7. The molecular formula is C10H12ClF2NO5S2. The van der Waals surface area contributed by atoms with E-state index in [4.69, 9.17) is 10.7 Å². The summed E-state index contributed by atoms with van der Waals surface area (Å²) in [7, 11) is -2.71. The first-order chi connectivity index (χ1) is 9.63. The van der Waals surface area contributed by atoms with Crippen molar-refractivity contribution in [3.8, 4) is 0 Å². The van der Waals surface area contributed by atoms with E-state index in [2.05, 4.69) is 9.46 Å². The minimum atomic E-state index is -3.93. The van der Waals surface area contributed by atoms with Crippen molar-refractivity contribution in [1.29, 1.82) is 0 Å². The molecule has 0 saturated heterocycles. The summed E-state index contributed by atoms with van der Waals surface area (Å²) in [5.41, 5.74) is 0. The van der Waals surface area contributed by atoms with Gasteiger partial charge >= 0.3 is 0 Å². The van der Waals surface area contributed by atoms with Crippen molar-refractivity contribution in [3.05, 3.63) is 24.3 Å². The van der Waals surface area contributed by atoms with Crippen LogP contribution >= 0.6 is 10.7 Å². The third kappa shape index (κ3) is 6.22. The first-order valence-electron chi connectivity index (χ1n) is 5.53. The van der Waals surface area contributed by atoms with E-state index in [0.29, 0.717) is 0 Å². The molecule has 120 valence electrons. The highest BCUT2D eigenvalue weighted by molar-refractivity contribution is 8.13. The Hall–Kier alpha value is -0.810. The van der Waals surface area contributed by atoms with E-state index in [0.717, 1.165) is 24.3 Å². The summed E-state index contributed by atoms with van der Waals surface area (Å²) < 4.78 is 75.8. The highest BCUT2D eigenvalue weighted by Crippen LogP contribution is 2.17. The molecule has 0 saturated carbocycles. The van der Waals surface area contributed by atoms with Crippen molar-refractivity contribution in [2.45, 2.75) is 16.2 Å². The molecule has 0 bridgehead atoms. The summed E-state index contributed by atoms with van der Waals surface area (Å²) in [6.07, 6.45) is -2.62. The largest absolute Gasteiger partial charge is 0.374 e. The number of halogens is 3. The van der Waals surface area contributed by atoms with Crippen LogP contribution in [0.5, 0.6) is 0 Å². The second kappa shape index (κ2) is 7.45. The molecule has 21 heavy (non-hydrogen) atoms. The van der Waals surface area contributed by atoms with Gasteiger partial charge in [-0.3, -0.25) is 0 Å². The maximum Gasteiger partial charge on any atom is 0.261 e. The van der Waals surface area contributed by atoms with E-state index in [1.54, 1.807) is 0 Å². The summed E-state index contributed by atoms with van der Waals surface area (Å²) >= 11 is 0. The average Bonchev–Trinajstić information content (AvgIpc) is 2.37. The van der Waals surface area contributed by atoms with Gasteiger partial charge in [0.25, 0.3) is 15.5 Å². The third-order valence-electron chi connectivity index (χ3n) is 2.20. The molecule has 1 rings (SSSR count). The van der Waals surface area contributed by atoms with Crippen LogP contribution in [-0.2, 0) is 23.8 Å². The Bertz CT molecular complexity index is 661. The fraction of sp³-hybridized carbons (Fsp3) is 0.400. The molecule has 0 aliphatic carbocycles. The summed E-state index contributed by atoms with van der Waals surface area (Å²) in [5, 5.41) is 0. The second-order valence-electron chi connectivity index (χ2n) is 3.77. The molecule has 6 nitrogen and oxygen atoms in total. The Labute approximate surface area is 125 Å². The summed E-state index contributed by atoms with van der Waals surface area (Å²) in [5.74, 6) is 0. The number of alkyl halides is 2. The van der Waals surface area contributed by atoms with Crippen LogP contribution in [0.2, 0.25) is 0 Å². The Balaban J connectivity index is 2.63. The molecule has 1 N–H and O–H groups in total. The van der Waals surface area contributed by atoms with Crippen LogP contribution in [0.4, 0.5) is 8.78 Å². The van der Waals surface area contributed by atoms with E-state index in [9.17, 15) is 25.6 Å². The van der Waals surface area contributed by atoms with Crippen molar-refractivity contribution >= 4 is 29.8 Å². The zero-order chi connectivity index (χ0) is 16.1. The zero-order valence-electron chi connectivity index (χ0n) is 10.5. The van der Waals surface area contributed by atoms with Gasteiger partial charge in [-0.05, 0) is 24.3 Å². The number of hydrogen-bond acceptors (Lipinski definition) is 5. The van der Waals surface area contributed by atoms with Crippen molar-refractivity contribution < 1.29 is 30.4 Å². The van der Waals surface area contributed by atoms with Crippen LogP contribution in [0.15, 0.2) is 34.1 Å². The SMILES string of the molecule is O=S(=O)(Cl)c1ccc(S(=O)(=O)NCCOCC(F)F)cc1. The number of benzene rings is 1. The molecule has 0 atom stereocenters. The molecule has 1 aromatic carbocycles. The number of rotatable bonds is 8. The lowest BCUT2D eigenvalue weighted by atomic mass is 10.4. The van der Waals surface area contributed by atoms with E-state index >= 15 is 0 Å². The van der Waals surface area contributed by atoms with Crippen LogP contribution in [0.25, 0.3) is 0 Å². The molecule has 0 amide bonds. The van der Waals surface area contributed by atoms with Gasteiger partial charge in [0.05, 0.1) is 16.4 Å². The molecule has 11 heteroatoms. The Morgan fingerprint density at radius 1 is 1.10 bits per heavy atom. The fourth-order valence-corrected chi connectivity index (χ4v) is 3.07. The number of hydrogen-bond donors (Lipinski definition) is 1. The van der Waals surface area contributed by atoms with Crippen molar-refractivity contribution in [2.75, 3.05) is 19.8 Å². The minimum Gasteiger partial charge on any atom is -0.374 e. The summed E-state index contributed by atoms with van der Waals surface area (Å²) in [4.78, 5) is -0.413. The van der Waals surface area contributed by atoms with E-state index in [1.807, 2.05) is 0 Å². The average molecular weight is 364 g/mol. The zero-order valence-corrected chi connectivity index (χ0v) is 12.9. The lowest BCUT2D eigenvalue weighted by Crippen LogP contribution is -2.28. The monoisotopic (exact) mass is 363 g/mol. The molecule has 0 aliphatic heterocycles. The van der Waals surface area contributed by atoms with Gasteiger partial charge < -0.3 is 4.74 Å². The van der Waals surface area contributed by atoms with E-state index in [-0.39, 0.29) is 22.9 Å². The van der Waals surface area contributed by atoms with Gasteiger partial charge in [0.1, 0.15) is 6.61 Å². The van der Waals surface area contributed by atoms with Gasteiger partial charge in [0.2, 0.25) is 10.0 Å². The van der Waals surface area contributed by atoms with Crippen LogP contribution in [0, 0.1) is 0 Å². The van der Waals surface area contributed by atoms with Gasteiger partial charge in [-0.1, -0.05) is 0 Å². The van der Waals surface area contributed by atoms with Crippen LogP contribution < -0.4 is 4.72 Å².